The third kappa shape index (κ3) is 2.57. The molecular formula is C20H20N4O2. The second kappa shape index (κ2) is 6.21. The number of pyridine rings is 1. The van der Waals surface area contributed by atoms with Crippen LogP contribution in [0.25, 0.3) is 10.9 Å². The van der Waals surface area contributed by atoms with Gasteiger partial charge in [0.05, 0.1) is 42.7 Å². The Morgan fingerprint density at radius 2 is 2.08 bits per heavy atom. The zero-order valence-corrected chi connectivity index (χ0v) is 14.7. The quantitative estimate of drug-likeness (QED) is 0.730. The van der Waals surface area contributed by atoms with Crippen molar-refractivity contribution < 1.29 is 9.47 Å². The maximum absolute atomic E-state index is 6.25. The second-order valence-corrected chi connectivity index (χ2v) is 6.79. The van der Waals surface area contributed by atoms with Crippen LogP contribution in [0.4, 0.5) is 0 Å². The fourth-order valence-corrected chi connectivity index (χ4v) is 3.70. The first-order chi connectivity index (χ1) is 12.8. The molecule has 26 heavy (non-hydrogen) atoms. The predicted octanol–water partition coefficient (Wildman–Crippen LogP) is 2.88. The molecule has 0 unspecified atom stereocenters. The second-order valence-electron chi connectivity index (χ2n) is 6.79. The van der Waals surface area contributed by atoms with Crippen molar-refractivity contribution in [2.75, 3.05) is 13.2 Å². The van der Waals surface area contributed by atoms with Crippen LogP contribution in [0, 0.1) is 0 Å². The molecule has 6 nitrogen and oxygen atoms in total. The van der Waals surface area contributed by atoms with Crippen LogP contribution in [0.3, 0.4) is 0 Å². The Kier molecular flexibility index (Phi) is 3.71. The largest absolute Gasteiger partial charge is 0.474 e. The van der Waals surface area contributed by atoms with Gasteiger partial charge in [-0.05, 0) is 23.8 Å². The number of rotatable bonds is 3. The van der Waals surface area contributed by atoms with Gasteiger partial charge in [-0.25, -0.2) is 4.98 Å². The molecule has 0 N–H and O–H groups in total. The molecule has 1 fully saturated rings. The first-order valence-electron chi connectivity index (χ1n) is 8.99. The van der Waals surface area contributed by atoms with E-state index in [-0.39, 0.29) is 6.10 Å². The monoisotopic (exact) mass is 348 g/mol. The summed E-state index contributed by atoms with van der Waals surface area (Å²) in [6.07, 6.45) is 5.66. The summed E-state index contributed by atoms with van der Waals surface area (Å²) in [6, 6.07) is 8.36. The van der Waals surface area contributed by atoms with E-state index in [0.717, 1.165) is 53.8 Å². The Bertz CT molecular complexity index is 1000. The minimum atomic E-state index is 0.158. The van der Waals surface area contributed by atoms with E-state index in [9.17, 15) is 0 Å². The molecule has 0 spiro atoms. The molecule has 4 heterocycles. The molecule has 2 aliphatic heterocycles. The molecule has 132 valence electrons. The minimum absolute atomic E-state index is 0.158. The third-order valence-corrected chi connectivity index (χ3v) is 5.11. The summed E-state index contributed by atoms with van der Waals surface area (Å²) in [5, 5.41) is 5.44. The number of fused-ring (bicyclic) bond motifs is 2. The van der Waals surface area contributed by atoms with Gasteiger partial charge < -0.3 is 9.47 Å². The lowest BCUT2D eigenvalue weighted by Crippen LogP contribution is -2.27. The Labute approximate surface area is 151 Å². The molecule has 0 bridgehead atoms. The zero-order valence-electron chi connectivity index (χ0n) is 14.7. The number of hydrogen-bond acceptors (Lipinski definition) is 5. The highest BCUT2D eigenvalue weighted by molar-refractivity contribution is 6.17. The first-order valence-corrected chi connectivity index (χ1v) is 8.99. The molecule has 0 amide bonds. The summed E-state index contributed by atoms with van der Waals surface area (Å²) < 4.78 is 13.6. The Hall–Kier alpha value is -2.73. The normalized spacial score (nSPS) is 17.3. The summed E-state index contributed by atoms with van der Waals surface area (Å²) in [7, 11) is 1.95. The van der Waals surface area contributed by atoms with E-state index < -0.39 is 0 Å². The first kappa shape index (κ1) is 15.5. The van der Waals surface area contributed by atoms with Gasteiger partial charge in [0.25, 0.3) is 0 Å². The third-order valence-electron chi connectivity index (χ3n) is 5.11. The van der Waals surface area contributed by atoms with E-state index in [1.807, 2.05) is 30.2 Å². The molecule has 2 aromatic heterocycles. The van der Waals surface area contributed by atoms with E-state index >= 15 is 0 Å². The molecular weight excluding hydrogens is 328 g/mol. The standard InChI is InChI=1S/C20H20N4O2/c1-24-17-3-2-13(10-15(17)12-23-24)19-18-14(11-22-19)4-7-21-20(18)26-16-5-8-25-9-6-16/h2-4,7,10,12,16H,5-6,8-9,11H2,1H3. The molecule has 3 aromatic rings. The maximum atomic E-state index is 6.25. The highest BCUT2D eigenvalue weighted by atomic mass is 16.5. The topological polar surface area (TPSA) is 61.5 Å². The average molecular weight is 348 g/mol. The lowest BCUT2D eigenvalue weighted by atomic mass is 10.0. The van der Waals surface area contributed by atoms with E-state index in [0.29, 0.717) is 12.4 Å². The fraction of sp³-hybridized carbons (Fsp3) is 0.350. The molecule has 1 saturated heterocycles. The highest BCUT2D eigenvalue weighted by Crippen LogP contribution is 2.31. The van der Waals surface area contributed by atoms with Crippen LogP contribution in [0.15, 0.2) is 41.7 Å². The zero-order chi connectivity index (χ0) is 17.5. The maximum Gasteiger partial charge on any atom is 0.223 e. The molecule has 2 aliphatic rings. The van der Waals surface area contributed by atoms with Gasteiger partial charge in [0.1, 0.15) is 6.10 Å². The van der Waals surface area contributed by atoms with Crippen LogP contribution in [-0.2, 0) is 18.3 Å². The van der Waals surface area contributed by atoms with E-state index in [1.54, 1.807) is 0 Å². The number of hydrogen-bond donors (Lipinski definition) is 0. The van der Waals surface area contributed by atoms with Gasteiger partial charge in [0, 0.05) is 37.0 Å². The summed E-state index contributed by atoms with van der Waals surface area (Å²) in [5.41, 5.74) is 5.35. The Balaban J connectivity index is 1.53. The summed E-state index contributed by atoms with van der Waals surface area (Å²) in [4.78, 5) is 9.31. The van der Waals surface area contributed by atoms with E-state index in [1.165, 1.54) is 5.56 Å². The van der Waals surface area contributed by atoms with Gasteiger partial charge in [0.15, 0.2) is 0 Å². The van der Waals surface area contributed by atoms with Crippen molar-refractivity contribution in [2.45, 2.75) is 25.5 Å². The van der Waals surface area contributed by atoms with Gasteiger partial charge in [0.2, 0.25) is 5.88 Å². The average Bonchev–Trinajstić information content (AvgIpc) is 3.27. The Morgan fingerprint density at radius 1 is 1.19 bits per heavy atom. The predicted molar refractivity (Wildman–Crippen MR) is 98.8 cm³/mol. The molecule has 1 aromatic carbocycles. The Morgan fingerprint density at radius 3 is 2.96 bits per heavy atom. The lowest BCUT2D eigenvalue weighted by molar-refractivity contribution is 0.0236. The molecule has 5 rings (SSSR count). The number of benzene rings is 1. The van der Waals surface area contributed by atoms with Crippen molar-refractivity contribution in [2.24, 2.45) is 12.0 Å². The van der Waals surface area contributed by atoms with Crippen LogP contribution < -0.4 is 4.74 Å². The van der Waals surface area contributed by atoms with Crippen LogP contribution in [0.5, 0.6) is 5.88 Å². The van der Waals surface area contributed by atoms with Crippen LogP contribution in [-0.4, -0.2) is 39.8 Å². The van der Waals surface area contributed by atoms with Crippen molar-refractivity contribution in [3.05, 3.63) is 53.3 Å². The highest BCUT2D eigenvalue weighted by Gasteiger charge is 2.26. The van der Waals surface area contributed by atoms with Crippen molar-refractivity contribution in [3.8, 4) is 5.88 Å². The number of aromatic nitrogens is 3. The SMILES string of the molecule is Cn1ncc2cc(C3=NCc4ccnc(OC5CCOCC5)c43)ccc21. The smallest absolute Gasteiger partial charge is 0.223 e. The van der Waals surface area contributed by atoms with Crippen molar-refractivity contribution in [1.82, 2.24) is 14.8 Å². The van der Waals surface area contributed by atoms with Crippen LogP contribution in [0.2, 0.25) is 0 Å². The van der Waals surface area contributed by atoms with Gasteiger partial charge in [-0.15, -0.1) is 0 Å². The lowest BCUT2D eigenvalue weighted by Gasteiger charge is -2.24. The van der Waals surface area contributed by atoms with Crippen molar-refractivity contribution in [1.29, 1.82) is 0 Å². The molecule has 0 aliphatic carbocycles. The molecule has 0 atom stereocenters. The molecule has 0 radical (unpaired) electrons. The van der Waals surface area contributed by atoms with E-state index in [4.69, 9.17) is 14.5 Å². The molecule has 6 heteroatoms. The molecule has 0 saturated carbocycles. The van der Waals surface area contributed by atoms with Gasteiger partial charge in [-0.2, -0.15) is 5.10 Å². The minimum Gasteiger partial charge on any atom is -0.474 e. The van der Waals surface area contributed by atoms with Crippen molar-refractivity contribution >= 4 is 16.6 Å². The van der Waals surface area contributed by atoms with E-state index in [2.05, 4.69) is 28.3 Å². The number of aliphatic imine (C=N–C) groups is 1. The van der Waals surface area contributed by atoms with Gasteiger partial charge in [-0.3, -0.25) is 9.67 Å². The number of ether oxygens (including phenoxy) is 2. The summed E-state index contributed by atoms with van der Waals surface area (Å²) in [5.74, 6) is 0.692. The van der Waals surface area contributed by atoms with Crippen LogP contribution >= 0.6 is 0 Å². The number of aryl methyl sites for hydroxylation is 1. The summed E-state index contributed by atoms with van der Waals surface area (Å²) >= 11 is 0. The van der Waals surface area contributed by atoms with Gasteiger partial charge in [-0.1, -0.05) is 6.07 Å². The van der Waals surface area contributed by atoms with Crippen LogP contribution in [0.1, 0.15) is 29.5 Å². The number of nitrogens with zero attached hydrogens (tertiary/aromatic N) is 4. The summed E-state index contributed by atoms with van der Waals surface area (Å²) in [6.45, 7) is 2.17. The van der Waals surface area contributed by atoms with Crippen molar-refractivity contribution in [3.63, 3.8) is 0 Å². The fourth-order valence-electron chi connectivity index (χ4n) is 3.70. The van der Waals surface area contributed by atoms with Gasteiger partial charge >= 0.3 is 0 Å².